The summed E-state index contributed by atoms with van der Waals surface area (Å²) >= 11 is 0. The predicted octanol–water partition coefficient (Wildman–Crippen LogP) is 0.650. The third-order valence-corrected chi connectivity index (χ3v) is 5.94. The number of hydrogen-bond donors (Lipinski definition) is 3. The third kappa shape index (κ3) is 3.92. The minimum atomic E-state index is -0.587. The molecule has 4 rings (SSSR count). The van der Waals surface area contributed by atoms with Crippen LogP contribution in [-0.4, -0.2) is 53.1 Å². The first-order valence-corrected chi connectivity index (χ1v) is 10.2. The van der Waals surface area contributed by atoms with E-state index in [0.717, 1.165) is 17.7 Å². The average molecular weight is 400 g/mol. The highest BCUT2D eigenvalue weighted by molar-refractivity contribution is 6.05. The van der Waals surface area contributed by atoms with Gasteiger partial charge in [0.1, 0.15) is 11.8 Å². The number of hydrogen-bond acceptors (Lipinski definition) is 6. The molecule has 29 heavy (non-hydrogen) atoms. The van der Waals surface area contributed by atoms with Crippen molar-refractivity contribution in [3.05, 3.63) is 34.9 Å². The molecule has 1 aromatic carbocycles. The van der Waals surface area contributed by atoms with E-state index in [1.54, 1.807) is 4.90 Å². The molecule has 0 bridgehead atoms. The third-order valence-electron chi connectivity index (χ3n) is 5.94. The first kappa shape index (κ1) is 20.0. The van der Waals surface area contributed by atoms with Gasteiger partial charge in [-0.3, -0.25) is 25.0 Å². The molecule has 2 fully saturated rings. The van der Waals surface area contributed by atoms with E-state index in [0.29, 0.717) is 25.1 Å². The average Bonchev–Trinajstić information content (AvgIpc) is 3.11. The van der Waals surface area contributed by atoms with Gasteiger partial charge in [-0.25, -0.2) is 0 Å². The Morgan fingerprint density at radius 3 is 2.76 bits per heavy atom. The van der Waals surface area contributed by atoms with Crippen LogP contribution in [0.4, 0.5) is 0 Å². The van der Waals surface area contributed by atoms with Gasteiger partial charge in [0.25, 0.3) is 5.91 Å². The molecule has 3 N–H and O–H groups in total. The van der Waals surface area contributed by atoms with E-state index in [4.69, 9.17) is 4.74 Å². The van der Waals surface area contributed by atoms with E-state index in [1.165, 1.54) is 0 Å². The Balaban J connectivity index is 1.42. The van der Waals surface area contributed by atoms with Gasteiger partial charge in [0.2, 0.25) is 11.8 Å². The van der Waals surface area contributed by atoms with Crippen molar-refractivity contribution in [2.24, 2.45) is 0 Å². The Morgan fingerprint density at radius 2 is 2.07 bits per heavy atom. The highest BCUT2D eigenvalue weighted by Crippen LogP contribution is 2.30. The molecule has 1 unspecified atom stereocenters. The zero-order valence-electron chi connectivity index (χ0n) is 17.1. The molecule has 1 aromatic rings. The van der Waals surface area contributed by atoms with Crippen molar-refractivity contribution < 1.29 is 19.1 Å². The van der Waals surface area contributed by atoms with E-state index in [1.807, 2.05) is 32.0 Å². The molecule has 3 amide bonds. The second-order valence-electron chi connectivity index (χ2n) is 8.56. The van der Waals surface area contributed by atoms with Crippen molar-refractivity contribution in [2.75, 3.05) is 6.54 Å². The molecule has 0 aromatic heterocycles. The Morgan fingerprint density at radius 1 is 1.28 bits per heavy atom. The molecule has 0 aliphatic carbocycles. The lowest BCUT2D eigenvalue weighted by molar-refractivity contribution is -0.136. The smallest absolute Gasteiger partial charge is 0.255 e. The first-order chi connectivity index (χ1) is 13.7. The number of imide groups is 1. The van der Waals surface area contributed by atoms with E-state index < -0.39 is 6.04 Å². The summed E-state index contributed by atoms with van der Waals surface area (Å²) in [5.74, 6) is -0.800. The molecular weight excluding hydrogens is 372 g/mol. The quantitative estimate of drug-likeness (QED) is 0.628. The van der Waals surface area contributed by atoms with Gasteiger partial charge in [0.15, 0.2) is 0 Å². The van der Waals surface area contributed by atoms with Crippen LogP contribution in [-0.2, 0) is 27.4 Å². The molecule has 8 nitrogen and oxygen atoms in total. The van der Waals surface area contributed by atoms with Gasteiger partial charge in [-0.1, -0.05) is 12.1 Å². The van der Waals surface area contributed by atoms with E-state index in [2.05, 4.69) is 22.9 Å². The van der Waals surface area contributed by atoms with E-state index in [-0.39, 0.29) is 42.0 Å². The summed E-state index contributed by atoms with van der Waals surface area (Å²) in [6.07, 6.45) is 0.748. The number of rotatable bonds is 5. The normalized spacial score (nSPS) is 28.6. The van der Waals surface area contributed by atoms with Crippen LogP contribution in [0.1, 0.15) is 55.1 Å². The summed E-state index contributed by atoms with van der Waals surface area (Å²) in [6, 6.07) is 5.33. The van der Waals surface area contributed by atoms with Crippen molar-refractivity contribution in [2.45, 2.75) is 70.6 Å². The van der Waals surface area contributed by atoms with Crippen molar-refractivity contribution in [1.82, 2.24) is 20.9 Å². The minimum Gasteiger partial charge on any atom is -0.357 e. The van der Waals surface area contributed by atoms with Gasteiger partial charge in [-0.15, -0.1) is 0 Å². The predicted molar refractivity (Wildman–Crippen MR) is 106 cm³/mol. The summed E-state index contributed by atoms with van der Waals surface area (Å²) in [5, 5.41) is 9.28. The van der Waals surface area contributed by atoms with E-state index >= 15 is 0 Å². The number of carbonyl (C=O) groups excluding carboxylic acids is 3. The van der Waals surface area contributed by atoms with Crippen LogP contribution >= 0.6 is 0 Å². The van der Waals surface area contributed by atoms with Gasteiger partial charge in [0, 0.05) is 37.7 Å². The maximum absolute atomic E-state index is 12.9. The summed E-state index contributed by atoms with van der Waals surface area (Å²) in [7, 11) is 0. The molecule has 0 saturated carbocycles. The van der Waals surface area contributed by atoms with Crippen molar-refractivity contribution >= 4 is 17.7 Å². The summed E-state index contributed by atoms with van der Waals surface area (Å²) in [6.45, 7) is 7.87. The van der Waals surface area contributed by atoms with Crippen molar-refractivity contribution in [1.29, 1.82) is 0 Å². The molecule has 3 aliphatic heterocycles. The summed E-state index contributed by atoms with van der Waals surface area (Å²) in [5.41, 5.74) is 2.33. The molecule has 156 valence electrons. The number of fused-ring (bicyclic) bond motifs is 1. The maximum atomic E-state index is 12.9. The molecule has 2 saturated heterocycles. The SMILES string of the molecule is C[C@H]1OC(C)(C)N[C@@H]1CNCc1cccc2c1CN(C1CCC(=O)NC1=O)C2=O. The number of benzene rings is 1. The largest absolute Gasteiger partial charge is 0.357 e. The lowest BCUT2D eigenvalue weighted by Gasteiger charge is -2.29. The number of carbonyl (C=O) groups is 3. The molecule has 8 heteroatoms. The van der Waals surface area contributed by atoms with Crippen LogP contribution < -0.4 is 16.0 Å². The molecular formula is C21H28N4O4. The number of amides is 3. The van der Waals surface area contributed by atoms with Crippen LogP contribution in [0, 0.1) is 0 Å². The highest BCUT2D eigenvalue weighted by atomic mass is 16.5. The molecule has 0 spiro atoms. The fourth-order valence-electron chi connectivity index (χ4n) is 4.54. The Kier molecular flexibility index (Phi) is 5.18. The van der Waals surface area contributed by atoms with Crippen molar-refractivity contribution in [3.63, 3.8) is 0 Å². The number of nitrogens with one attached hydrogen (secondary N) is 3. The van der Waals surface area contributed by atoms with Crippen LogP contribution in [0.25, 0.3) is 0 Å². The van der Waals surface area contributed by atoms with Gasteiger partial charge >= 0.3 is 0 Å². The highest BCUT2D eigenvalue weighted by Gasteiger charge is 2.40. The van der Waals surface area contributed by atoms with Crippen LogP contribution in [0.15, 0.2) is 18.2 Å². The number of nitrogens with zero attached hydrogens (tertiary/aromatic N) is 1. The van der Waals surface area contributed by atoms with Crippen LogP contribution in [0.2, 0.25) is 0 Å². The van der Waals surface area contributed by atoms with Gasteiger partial charge in [-0.2, -0.15) is 0 Å². The molecule has 0 radical (unpaired) electrons. The zero-order valence-corrected chi connectivity index (χ0v) is 17.1. The topological polar surface area (TPSA) is 99.8 Å². The van der Waals surface area contributed by atoms with Gasteiger partial charge in [0.05, 0.1) is 6.10 Å². The van der Waals surface area contributed by atoms with Crippen LogP contribution in [0.3, 0.4) is 0 Å². The summed E-state index contributed by atoms with van der Waals surface area (Å²) in [4.78, 5) is 38.1. The molecule has 3 aliphatic rings. The second kappa shape index (κ2) is 7.51. The Hall–Kier alpha value is -2.29. The van der Waals surface area contributed by atoms with Crippen LogP contribution in [0.5, 0.6) is 0 Å². The lowest BCUT2D eigenvalue weighted by Crippen LogP contribution is -2.52. The van der Waals surface area contributed by atoms with Gasteiger partial charge < -0.3 is 15.0 Å². The van der Waals surface area contributed by atoms with E-state index in [9.17, 15) is 14.4 Å². The fraction of sp³-hybridized carbons (Fsp3) is 0.571. The first-order valence-electron chi connectivity index (χ1n) is 10.2. The second-order valence-corrected chi connectivity index (χ2v) is 8.56. The molecule has 3 heterocycles. The summed E-state index contributed by atoms with van der Waals surface area (Å²) < 4.78 is 5.89. The monoisotopic (exact) mass is 400 g/mol. The lowest BCUT2D eigenvalue weighted by atomic mass is 10.0. The van der Waals surface area contributed by atoms with Crippen molar-refractivity contribution in [3.8, 4) is 0 Å². The fourth-order valence-corrected chi connectivity index (χ4v) is 4.54. The van der Waals surface area contributed by atoms with Gasteiger partial charge in [-0.05, 0) is 44.4 Å². The zero-order chi connectivity index (χ0) is 20.8. The maximum Gasteiger partial charge on any atom is 0.255 e. The Labute approximate surface area is 170 Å². The standard InChI is InChI=1S/C21H28N4O4/c1-12-16(24-21(2,3)29-12)10-22-9-13-5-4-6-14-15(13)11-25(20(14)28)17-7-8-18(26)23-19(17)27/h4-6,12,16-17,22,24H,7-11H2,1-3H3,(H,23,26,27)/t12-,16-,17?/m1/s1. The molecule has 3 atom stereocenters. The number of ether oxygens (including phenoxy) is 1. The number of piperidine rings is 1. The minimum absolute atomic E-state index is 0.114. The Bertz CT molecular complexity index is 853.